The van der Waals surface area contributed by atoms with Crippen LogP contribution in [-0.4, -0.2) is 89.0 Å². The number of methoxy groups -OCH3 is 2. The third kappa shape index (κ3) is 4.50. The van der Waals surface area contributed by atoms with Crippen molar-refractivity contribution in [3.63, 3.8) is 0 Å². The van der Waals surface area contributed by atoms with Gasteiger partial charge in [-0.3, -0.25) is 4.79 Å². The lowest BCUT2D eigenvalue weighted by Gasteiger charge is -2.35. The Morgan fingerprint density at radius 1 is 1.12 bits per heavy atom. The summed E-state index contributed by atoms with van der Waals surface area (Å²) in [6.07, 6.45) is 3.37. The lowest BCUT2D eigenvalue weighted by molar-refractivity contribution is 0.0646. The molecule has 11 nitrogen and oxygen atoms in total. The van der Waals surface area contributed by atoms with Crippen molar-refractivity contribution in [2.24, 2.45) is 9.36 Å². The van der Waals surface area contributed by atoms with E-state index >= 15 is 0 Å². The first-order valence-electron chi connectivity index (χ1n) is 9.35. The molecular formula is C18H23ClN6O5S2. The van der Waals surface area contributed by atoms with E-state index in [0.29, 0.717) is 59.4 Å². The molecule has 1 amide bonds. The van der Waals surface area contributed by atoms with Gasteiger partial charge in [-0.25, -0.2) is 9.20 Å². The van der Waals surface area contributed by atoms with Crippen LogP contribution in [-0.2, 0) is 9.73 Å². The van der Waals surface area contributed by atoms with Crippen molar-refractivity contribution in [3.05, 3.63) is 18.0 Å². The van der Waals surface area contributed by atoms with Crippen LogP contribution in [0.15, 0.2) is 36.0 Å². The van der Waals surface area contributed by atoms with Gasteiger partial charge < -0.3 is 23.7 Å². The number of carbonyl (C=O) groups is 1. The number of amides is 1. The predicted octanol–water partition coefficient (Wildman–Crippen LogP) is 2.15. The minimum atomic E-state index is -2.72. The van der Waals surface area contributed by atoms with Crippen molar-refractivity contribution in [2.45, 2.75) is 10.1 Å². The maximum atomic E-state index is 13.3. The Hall–Kier alpha value is -2.51. The molecule has 0 spiro atoms. The summed E-state index contributed by atoms with van der Waals surface area (Å²) in [5.41, 5.74) is 0.532. The molecule has 174 valence electrons. The number of ether oxygens (including phenoxy) is 2. The maximum absolute atomic E-state index is 13.3. The van der Waals surface area contributed by atoms with E-state index in [1.54, 1.807) is 29.5 Å². The first-order valence-corrected chi connectivity index (χ1v) is 12.5. The fourth-order valence-corrected chi connectivity index (χ4v) is 4.99. The van der Waals surface area contributed by atoms with E-state index in [9.17, 15) is 9.00 Å². The number of aromatic nitrogens is 2. The Labute approximate surface area is 196 Å². The minimum Gasteiger partial charge on any atom is -0.493 e. The number of aliphatic imine (C=N–C) groups is 1. The number of thioether (sulfide) groups is 1. The highest BCUT2D eigenvalue weighted by Gasteiger charge is 2.30. The lowest BCUT2D eigenvalue weighted by Crippen LogP contribution is -2.50. The SMILES string of the molecule is COc1cc2c(cc1OC)S(C)(=O)=NC(N1CCN(C(=O)c3nnc(SC)o3)CC1)=N2.Cl. The van der Waals surface area contributed by atoms with Gasteiger partial charge in [-0.05, 0) is 6.26 Å². The molecular weight excluding hydrogens is 480 g/mol. The summed E-state index contributed by atoms with van der Waals surface area (Å²) in [7, 11) is 0.336. The van der Waals surface area contributed by atoms with Crippen molar-refractivity contribution in [3.8, 4) is 11.5 Å². The van der Waals surface area contributed by atoms with Gasteiger partial charge in [0.25, 0.3) is 5.22 Å². The van der Waals surface area contributed by atoms with Crippen LogP contribution < -0.4 is 9.47 Å². The summed E-state index contributed by atoms with van der Waals surface area (Å²) in [4.78, 5) is 21.2. The van der Waals surface area contributed by atoms with E-state index in [-0.39, 0.29) is 24.2 Å². The predicted molar refractivity (Wildman–Crippen MR) is 122 cm³/mol. The molecule has 32 heavy (non-hydrogen) atoms. The fraction of sp³-hybridized carbons (Fsp3) is 0.444. The van der Waals surface area contributed by atoms with Gasteiger partial charge in [0.05, 0.1) is 34.5 Å². The minimum absolute atomic E-state index is 0. The summed E-state index contributed by atoms with van der Waals surface area (Å²) in [6, 6.07) is 3.36. The summed E-state index contributed by atoms with van der Waals surface area (Å²) in [6.45, 7) is 1.81. The van der Waals surface area contributed by atoms with E-state index in [1.165, 1.54) is 26.0 Å². The number of halogens is 1. The molecule has 0 bridgehead atoms. The number of nitrogens with zero attached hydrogens (tertiary/aromatic N) is 6. The van der Waals surface area contributed by atoms with Crippen LogP contribution in [0.2, 0.25) is 0 Å². The molecule has 1 fully saturated rings. The van der Waals surface area contributed by atoms with Crippen LogP contribution in [0.5, 0.6) is 11.5 Å². The van der Waals surface area contributed by atoms with Gasteiger partial charge in [-0.15, -0.1) is 22.6 Å². The second-order valence-corrected chi connectivity index (χ2v) is 9.82. The lowest BCUT2D eigenvalue weighted by atomic mass is 10.2. The van der Waals surface area contributed by atoms with Crippen molar-refractivity contribution in [1.82, 2.24) is 20.0 Å². The highest BCUT2D eigenvalue weighted by atomic mass is 35.5. The second kappa shape index (κ2) is 9.55. The van der Waals surface area contributed by atoms with Gasteiger partial charge in [0.15, 0.2) is 11.5 Å². The third-order valence-electron chi connectivity index (χ3n) is 4.96. The van der Waals surface area contributed by atoms with Crippen LogP contribution in [0.3, 0.4) is 0 Å². The average Bonchev–Trinajstić information content (AvgIpc) is 3.26. The van der Waals surface area contributed by atoms with Crippen LogP contribution in [0, 0.1) is 0 Å². The molecule has 0 aliphatic carbocycles. The summed E-state index contributed by atoms with van der Waals surface area (Å²) in [5, 5.41) is 7.95. The van der Waals surface area contributed by atoms with Gasteiger partial charge in [0, 0.05) is 44.6 Å². The zero-order valence-electron chi connectivity index (χ0n) is 17.9. The normalized spacial score (nSPS) is 19.9. The second-order valence-electron chi connectivity index (χ2n) is 6.84. The third-order valence-corrected chi connectivity index (χ3v) is 7.13. The number of hydrogen-bond acceptors (Lipinski definition) is 11. The highest BCUT2D eigenvalue weighted by Crippen LogP contribution is 2.39. The Bertz CT molecular complexity index is 1170. The molecule has 1 saturated heterocycles. The summed E-state index contributed by atoms with van der Waals surface area (Å²) >= 11 is 1.28. The molecule has 1 aromatic carbocycles. The zero-order chi connectivity index (χ0) is 22.2. The topological polar surface area (TPSA) is 123 Å². The molecule has 14 heteroatoms. The molecule has 4 rings (SSSR count). The van der Waals surface area contributed by atoms with Crippen LogP contribution in [0.1, 0.15) is 10.7 Å². The van der Waals surface area contributed by atoms with Gasteiger partial charge >= 0.3 is 11.8 Å². The quantitative estimate of drug-likeness (QED) is 0.578. The average molecular weight is 503 g/mol. The first-order chi connectivity index (χ1) is 14.9. The molecule has 1 aromatic heterocycles. The fourth-order valence-electron chi connectivity index (χ4n) is 3.33. The molecule has 0 saturated carbocycles. The number of carbonyl (C=O) groups excluding carboxylic acids is 1. The zero-order valence-corrected chi connectivity index (χ0v) is 20.4. The highest BCUT2D eigenvalue weighted by molar-refractivity contribution is 7.98. The Balaban J connectivity index is 0.00000289. The Kier molecular flexibility index (Phi) is 7.20. The molecule has 1 atom stereocenters. The van der Waals surface area contributed by atoms with E-state index in [0.717, 1.165) is 0 Å². The Morgan fingerprint density at radius 3 is 2.38 bits per heavy atom. The largest absolute Gasteiger partial charge is 0.493 e. The number of benzene rings is 1. The monoisotopic (exact) mass is 502 g/mol. The van der Waals surface area contributed by atoms with E-state index < -0.39 is 9.73 Å². The summed E-state index contributed by atoms with van der Waals surface area (Å²) < 4.78 is 33.7. The van der Waals surface area contributed by atoms with Crippen LogP contribution in [0.4, 0.5) is 5.69 Å². The number of hydrogen-bond donors (Lipinski definition) is 0. The van der Waals surface area contributed by atoms with E-state index in [1.807, 2.05) is 4.90 Å². The van der Waals surface area contributed by atoms with E-state index in [2.05, 4.69) is 19.6 Å². The van der Waals surface area contributed by atoms with E-state index in [4.69, 9.17) is 13.9 Å². The van der Waals surface area contributed by atoms with Gasteiger partial charge in [-0.2, -0.15) is 4.36 Å². The van der Waals surface area contributed by atoms with Gasteiger partial charge in [0.1, 0.15) is 0 Å². The molecule has 2 aliphatic heterocycles. The number of piperazine rings is 1. The smallest absolute Gasteiger partial charge is 0.311 e. The molecule has 2 aliphatic rings. The standard InChI is InChI=1S/C18H22N6O5S2.ClH/c1-27-12-9-11-14(10-13(12)28-2)31(4,26)22-17(19-11)24-7-5-23(6-8-24)16(25)15-20-21-18(29-15)30-3;/h9-10H,5-8H2,1-4H3;1H. The molecule has 0 N–H and O–H groups in total. The number of rotatable bonds is 4. The van der Waals surface area contributed by atoms with Crippen molar-refractivity contribution in [2.75, 3.05) is 52.9 Å². The molecule has 1 unspecified atom stereocenters. The number of fused-ring (bicyclic) bond motifs is 1. The van der Waals surface area contributed by atoms with Gasteiger partial charge in [0.2, 0.25) is 5.96 Å². The van der Waals surface area contributed by atoms with Crippen LogP contribution in [0.25, 0.3) is 0 Å². The van der Waals surface area contributed by atoms with Crippen molar-refractivity contribution in [1.29, 1.82) is 0 Å². The van der Waals surface area contributed by atoms with Crippen molar-refractivity contribution < 1.29 is 22.9 Å². The van der Waals surface area contributed by atoms with Crippen LogP contribution >= 0.6 is 24.2 Å². The van der Waals surface area contributed by atoms with Gasteiger partial charge in [-0.1, -0.05) is 11.8 Å². The summed E-state index contributed by atoms with van der Waals surface area (Å²) in [5.74, 6) is 1.02. The molecule has 0 radical (unpaired) electrons. The first kappa shape index (κ1) is 24.1. The molecule has 2 aromatic rings. The molecule has 3 heterocycles. The van der Waals surface area contributed by atoms with Crippen molar-refractivity contribution >= 4 is 51.5 Å². The maximum Gasteiger partial charge on any atom is 0.311 e. The number of guanidine groups is 1. The Morgan fingerprint density at radius 2 is 1.78 bits per heavy atom.